The van der Waals surface area contributed by atoms with Crippen molar-refractivity contribution < 1.29 is 84.6 Å². The zero-order valence-corrected chi connectivity index (χ0v) is 22.8. The highest BCUT2D eigenvalue weighted by molar-refractivity contribution is 5.96. The highest BCUT2D eigenvalue weighted by atomic mass is 16.7. The molecule has 12 N–H and O–H groups in total. The first-order chi connectivity index (χ1) is 21.3. The molecule has 2 aromatic carbocycles. The summed E-state index contributed by atoms with van der Waals surface area (Å²) in [5, 5.41) is 122. The Morgan fingerprint density at radius 1 is 0.622 bits per heavy atom. The largest absolute Gasteiger partial charge is 0.508 e. The number of fused-ring (bicyclic) bond motifs is 1. The third kappa shape index (κ3) is 5.57. The summed E-state index contributed by atoms with van der Waals surface area (Å²) in [5.41, 5.74) is -2.12. The number of aromatic hydroxyl groups is 4. The van der Waals surface area contributed by atoms with Crippen LogP contribution in [0.3, 0.4) is 0 Å². The van der Waals surface area contributed by atoms with Gasteiger partial charge in [0.1, 0.15) is 60.0 Å². The van der Waals surface area contributed by atoms with Crippen LogP contribution in [0, 0.1) is 0 Å². The number of aliphatic hydroxyl groups excluding tert-OH is 8. The van der Waals surface area contributed by atoms with Gasteiger partial charge in [0.25, 0.3) is 0 Å². The molecule has 0 bridgehead atoms. The van der Waals surface area contributed by atoms with Crippen LogP contribution in [0.4, 0.5) is 0 Å². The van der Waals surface area contributed by atoms with Crippen molar-refractivity contribution in [2.24, 2.45) is 0 Å². The summed E-state index contributed by atoms with van der Waals surface area (Å²) in [4.78, 5) is 13.4. The molecular weight excluding hydrogens is 612 g/mol. The van der Waals surface area contributed by atoms with E-state index in [2.05, 4.69) is 0 Å². The van der Waals surface area contributed by atoms with E-state index in [9.17, 15) is 66.1 Å². The number of hydrogen-bond donors (Lipinski definition) is 12. The number of hydrogen-bond acceptors (Lipinski definition) is 18. The highest BCUT2D eigenvalue weighted by Crippen LogP contribution is 2.52. The number of rotatable bonds is 7. The van der Waals surface area contributed by atoms with Gasteiger partial charge in [-0.05, 0) is 24.3 Å². The average molecular weight is 643 g/mol. The lowest BCUT2D eigenvalue weighted by Gasteiger charge is -2.40. The van der Waals surface area contributed by atoms with E-state index in [1.165, 1.54) is 24.3 Å². The van der Waals surface area contributed by atoms with Crippen molar-refractivity contribution in [3.8, 4) is 45.8 Å². The lowest BCUT2D eigenvalue weighted by molar-refractivity contribution is -0.279. The van der Waals surface area contributed by atoms with Gasteiger partial charge in [0.05, 0.1) is 13.2 Å². The summed E-state index contributed by atoms with van der Waals surface area (Å²) in [5.74, 6) is -6.28. The molecule has 3 aromatic rings. The van der Waals surface area contributed by atoms with Gasteiger partial charge < -0.3 is 84.6 Å². The van der Waals surface area contributed by atoms with Crippen molar-refractivity contribution in [1.29, 1.82) is 0 Å². The van der Waals surface area contributed by atoms with Gasteiger partial charge in [-0.15, -0.1) is 0 Å². The van der Waals surface area contributed by atoms with Crippen molar-refractivity contribution in [3.63, 3.8) is 0 Å². The molecule has 2 aliphatic rings. The minimum absolute atomic E-state index is 0.0173. The van der Waals surface area contributed by atoms with Crippen LogP contribution in [0.15, 0.2) is 33.5 Å². The fraction of sp³-hybridized carbons (Fsp3) is 0.444. The summed E-state index contributed by atoms with van der Waals surface area (Å²) in [6, 6.07) is 4.87. The summed E-state index contributed by atoms with van der Waals surface area (Å²) in [7, 11) is 0. The van der Waals surface area contributed by atoms with Gasteiger partial charge in [0.15, 0.2) is 17.1 Å². The normalized spacial score (nSPS) is 32.0. The van der Waals surface area contributed by atoms with E-state index < -0.39 is 126 Å². The summed E-state index contributed by atoms with van der Waals surface area (Å²) >= 11 is 0. The van der Waals surface area contributed by atoms with E-state index in [0.29, 0.717) is 0 Å². The minimum atomic E-state index is -2.06. The third-order valence-corrected chi connectivity index (χ3v) is 7.47. The quantitative estimate of drug-likeness (QED) is 0.120. The molecule has 2 aliphatic heterocycles. The van der Waals surface area contributed by atoms with Gasteiger partial charge in [-0.2, -0.15) is 0 Å². The molecule has 0 aliphatic carbocycles. The van der Waals surface area contributed by atoms with Crippen LogP contribution in [0.2, 0.25) is 0 Å². The van der Waals surface area contributed by atoms with Crippen LogP contribution in [-0.2, 0) is 9.47 Å². The monoisotopic (exact) mass is 642 g/mol. The Labute approximate surface area is 250 Å². The lowest BCUT2D eigenvalue weighted by atomic mass is 9.99. The first-order valence-electron chi connectivity index (χ1n) is 13.3. The smallest absolute Gasteiger partial charge is 0.239 e. The Bertz CT molecular complexity index is 1590. The van der Waals surface area contributed by atoms with Crippen LogP contribution in [0.1, 0.15) is 0 Å². The molecule has 0 unspecified atom stereocenters. The lowest BCUT2D eigenvalue weighted by Crippen LogP contribution is -2.60. The van der Waals surface area contributed by atoms with Crippen LogP contribution >= 0.6 is 0 Å². The second-order valence-corrected chi connectivity index (χ2v) is 10.3. The SMILES string of the molecule is O=c1c(O)c(-c2ccc(O)cc2)oc2c(O[C@@H]3O[C@H](CO)[C@@H](O)[C@H](O)[C@H]3O)c(O)c(O[C@@H]3O[C@H](CO)[C@@H](O)[C@H](O)[C@H]3O)c(O)c12. The van der Waals surface area contributed by atoms with Crippen LogP contribution in [0.25, 0.3) is 22.3 Å². The molecular formula is C27H30O18. The van der Waals surface area contributed by atoms with Crippen LogP contribution in [-0.4, -0.2) is 136 Å². The third-order valence-electron chi connectivity index (χ3n) is 7.47. The number of aliphatic hydroxyl groups is 8. The topological polar surface area (TPSA) is 310 Å². The van der Waals surface area contributed by atoms with Crippen molar-refractivity contribution in [2.75, 3.05) is 13.2 Å². The van der Waals surface area contributed by atoms with E-state index in [4.69, 9.17) is 23.4 Å². The summed E-state index contributed by atoms with van der Waals surface area (Å²) < 4.78 is 27.2. The van der Waals surface area contributed by atoms with E-state index in [1.807, 2.05) is 0 Å². The second kappa shape index (κ2) is 12.4. The van der Waals surface area contributed by atoms with Gasteiger partial charge in [0, 0.05) is 5.56 Å². The average Bonchev–Trinajstić information content (AvgIpc) is 3.02. The minimum Gasteiger partial charge on any atom is -0.508 e. The molecule has 18 heteroatoms. The van der Waals surface area contributed by atoms with E-state index >= 15 is 0 Å². The Morgan fingerprint density at radius 3 is 1.60 bits per heavy atom. The predicted molar refractivity (Wildman–Crippen MR) is 143 cm³/mol. The number of phenolic OH excluding ortho intramolecular Hbond substituents is 3. The van der Waals surface area contributed by atoms with Crippen molar-refractivity contribution in [2.45, 2.75) is 61.4 Å². The Morgan fingerprint density at radius 2 is 1.11 bits per heavy atom. The number of phenols is 3. The molecule has 45 heavy (non-hydrogen) atoms. The van der Waals surface area contributed by atoms with Gasteiger partial charge >= 0.3 is 0 Å². The molecule has 10 atom stereocenters. The fourth-order valence-electron chi connectivity index (χ4n) is 4.93. The predicted octanol–water partition coefficient (Wildman–Crippen LogP) is -3.36. The molecule has 246 valence electrons. The summed E-state index contributed by atoms with van der Waals surface area (Å²) in [6.45, 7) is -1.74. The first kappa shape index (κ1) is 32.4. The van der Waals surface area contributed by atoms with Crippen LogP contribution in [0.5, 0.6) is 34.5 Å². The molecule has 0 amide bonds. The molecule has 18 nitrogen and oxygen atoms in total. The molecule has 2 saturated heterocycles. The number of benzene rings is 2. The molecule has 3 heterocycles. The van der Waals surface area contributed by atoms with Crippen molar-refractivity contribution in [1.82, 2.24) is 0 Å². The molecule has 2 fully saturated rings. The maximum Gasteiger partial charge on any atom is 0.239 e. The number of ether oxygens (including phenoxy) is 4. The molecule has 0 spiro atoms. The first-order valence-corrected chi connectivity index (χ1v) is 13.3. The zero-order valence-electron chi connectivity index (χ0n) is 22.8. The standard InChI is InChI=1S/C27H30O18/c28-5-9-12(31)16(35)19(38)26(41-9)44-24-15(34)11-14(33)18(37)22(7-1-3-8(30)4-2-7)43-23(11)25(21(24)40)45-27-20(39)17(36)13(32)10(6-29)42-27/h1-4,9-10,12-13,16-17,19-20,26-32,34-40H,5-6H2/t9-,10-,12-,13-,16+,17+,19-,20-,26+,27+/m1/s1. The summed E-state index contributed by atoms with van der Waals surface area (Å²) in [6.07, 6.45) is -18.7. The van der Waals surface area contributed by atoms with Gasteiger partial charge in [-0.3, -0.25) is 4.79 Å². The van der Waals surface area contributed by atoms with Gasteiger partial charge in [-0.1, -0.05) is 0 Å². The Kier molecular flexibility index (Phi) is 8.97. The van der Waals surface area contributed by atoms with E-state index in [-0.39, 0.29) is 11.3 Å². The van der Waals surface area contributed by atoms with E-state index in [1.54, 1.807) is 0 Å². The molecule has 1 aromatic heterocycles. The molecule has 5 rings (SSSR count). The highest BCUT2D eigenvalue weighted by Gasteiger charge is 2.47. The molecule has 0 radical (unpaired) electrons. The molecule has 0 saturated carbocycles. The van der Waals surface area contributed by atoms with Crippen molar-refractivity contribution in [3.05, 3.63) is 34.5 Å². The van der Waals surface area contributed by atoms with Crippen molar-refractivity contribution >= 4 is 11.0 Å². The maximum atomic E-state index is 13.4. The van der Waals surface area contributed by atoms with E-state index in [0.717, 1.165) is 0 Å². The fourth-order valence-corrected chi connectivity index (χ4v) is 4.93. The Balaban J connectivity index is 1.70. The Hall–Kier alpha value is -3.95. The van der Waals surface area contributed by atoms with Gasteiger partial charge in [0.2, 0.25) is 41.0 Å². The second-order valence-electron chi connectivity index (χ2n) is 10.3. The van der Waals surface area contributed by atoms with Gasteiger partial charge in [-0.25, -0.2) is 0 Å². The zero-order chi connectivity index (χ0) is 32.9. The maximum absolute atomic E-state index is 13.4. The van der Waals surface area contributed by atoms with Crippen LogP contribution < -0.4 is 14.9 Å².